The smallest absolute Gasteiger partial charge is 0.179 e. The zero-order valence-corrected chi connectivity index (χ0v) is 29.5. The summed E-state index contributed by atoms with van der Waals surface area (Å²) in [6.45, 7) is 0. The van der Waals surface area contributed by atoms with Gasteiger partial charge in [0.25, 0.3) is 0 Å². The summed E-state index contributed by atoms with van der Waals surface area (Å²) in [6, 6.07) is 61.6. The van der Waals surface area contributed by atoms with Gasteiger partial charge in [-0.3, -0.25) is 0 Å². The summed E-state index contributed by atoms with van der Waals surface area (Å²) < 4.78 is 43.2. The first-order valence-electron chi connectivity index (χ1n) is 17.8. The highest BCUT2D eigenvalue weighted by Gasteiger charge is 2.51. The van der Waals surface area contributed by atoms with Crippen molar-refractivity contribution >= 4 is 28.8 Å². The SMILES string of the molecule is Fc1ccc([Si](c2ccc(F)cc2)(c2ccc(F)cc2)c2ccc(-c3ccc4c(c3)C3(c5ccccc5-c5ccccc53)c3ccccc3-4)cc2)cc1. The zero-order chi connectivity index (χ0) is 35.7. The van der Waals surface area contributed by atoms with E-state index in [1.807, 2.05) is 36.4 Å². The molecule has 53 heavy (non-hydrogen) atoms. The lowest BCUT2D eigenvalue weighted by Crippen LogP contribution is -2.74. The van der Waals surface area contributed by atoms with Crippen LogP contribution in [0.25, 0.3) is 33.4 Å². The topological polar surface area (TPSA) is 0 Å². The average molecular weight is 705 g/mol. The molecule has 0 aliphatic heterocycles. The minimum Gasteiger partial charge on any atom is -0.207 e. The third-order valence-corrected chi connectivity index (χ3v) is 16.3. The summed E-state index contributed by atoms with van der Waals surface area (Å²) in [7, 11) is -3.16. The summed E-state index contributed by atoms with van der Waals surface area (Å²) in [5.41, 5.74) is 11.9. The summed E-state index contributed by atoms with van der Waals surface area (Å²) >= 11 is 0. The number of hydrogen-bond donors (Lipinski definition) is 0. The van der Waals surface area contributed by atoms with Crippen LogP contribution < -0.4 is 20.7 Å². The van der Waals surface area contributed by atoms with Gasteiger partial charge in [-0.2, -0.15) is 0 Å². The Hall–Kier alpha value is -6.23. The van der Waals surface area contributed by atoms with E-state index in [1.165, 1.54) is 80.9 Å². The van der Waals surface area contributed by atoms with Gasteiger partial charge in [0.2, 0.25) is 0 Å². The van der Waals surface area contributed by atoms with Crippen LogP contribution in [0.1, 0.15) is 22.3 Å². The Morgan fingerprint density at radius 3 is 1.02 bits per heavy atom. The Morgan fingerprint density at radius 2 is 0.623 bits per heavy atom. The molecule has 0 aromatic heterocycles. The molecule has 1 spiro atoms. The van der Waals surface area contributed by atoms with Crippen LogP contribution in [0.3, 0.4) is 0 Å². The van der Waals surface area contributed by atoms with Gasteiger partial charge in [0.1, 0.15) is 17.5 Å². The van der Waals surface area contributed by atoms with Crippen LogP contribution >= 0.6 is 0 Å². The van der Waals surface area contributed by atoms with Crippen molar-refractivity contribution in [1.82, 2.24) is 0 Å². The molecule has 252 valence electrons. The van der Waals surface area contributed by atoms with Gasteiger partial charge in [0, 0.05) is 0 Å². The second-order valence-electron chi connectivity index (χ2n) is 14.0. The lowest BCUT2D eigenvalue weighted by Gasteiger charge is -2.34. The minimum atomic E-state index is -3.16. The van der Waals surface area contributed by atoms with Gasteiger partial charge < -0.3 is 0 Å². The van der Waals surface area contributed by atoms with E-state index in [4.69, 9.17) is 0 Å². The van der Waals surface area contributed by atoms with Crippen molar-refractivity contribution < 1.29 is 13.2 Å². The van der Waals surface area contributed by atoms with Gasteiger partial charge in [-0.15, -0.1) is 0 Å². The summed E-state index contributed by atoms with van der Waals surface area (Å²) in [5, 5.41) is 3.77. The van der Waals surface area contributed by atoms with Crippen LogP contribution in [0, 0.1) is 17.5 Å². The largest absolute Gasteiger partial charge is 0.207 e. The van der Waals surface area contributed by atoms with Crippen LogP contribution in [0.4, 0.5) is 13.2 Å². The highest BCUT2D eigenvalue weighted by atomic mass is 28.3. The van der Waals surface area contributed by atoms with Crippen LogP contribution in [-0.4, -0.2) is 8.07 Å². The molecule has 2 aliphatic carbocycles. The molecule has 0 bridgehead atoms. The molecule has 10 rings (SSSR count). The molecule has 8 aromatic carbocycles. The predicted molar refractivity (Wildman–Crippen MR) is 212 cm³/mol. The van der Waals surface area contributed by atoms with Crippen LogP contribution in [0.5, 0.6) is 0 Å². The van der Waals surface area contributed by atoms with Crippen molar-refractivity contribution in [3.8, 4) is 33.4 Å². The molecule has 0 atom stereocenters. The molecule has 0 saturated carbocycles. The van der Waals surface area contributed by atoms with Crippen molar-refractivity contribution in [2.45, 2.75) is 5.41 Å². The predicted octanol–water partition coefficient (Wildman–Crippen LogP) is 9.49. The Morgan fingerprint density at radius 1 is 0.302 bits per heavy atom. The van der Waals surface area contributed by atoms with Gasteiger partial charge in [0.05, 0.1) is 5.41 Å². The van der Waals surface area contributed by atoms with E-state index in [9.17, 15) is 13.2 Å². The number of benzene rings is 8. The first-order chi connectivity index (χ1) is 26.0. The van der Waals surface area contributed by atoms with Crippen molar-refractivity contribution in [3.63, 3.8) is 0 Å². The number of rotatable bonds is 5. The first-order valence-corrected chi connectivity index (χ1v) is 19.8. The molecule has 0 heterocycles. The lowest BCUT2D eigenvalue weighted by molar-refractivity contribution is 0.628. The molecular formula is C49H31F3Si. The highest BCUT2D eigenvalue weighted by molar-refractivity contribution is 7.19. The summed E-state index contributed by atoms with van der Waals surface area (Å²) in [6.07, 6.45) is 0. The van der Waals surface area contributed by atoms with Crippen molar-refractivity contribution in [2.75, 3.05) is 0 Å². The molecular weight excluding hydrogens is 674 g/mol. The average Bonchev–Trinajstić information content (AvgIpc) is 3.67. The van der Waals surface area contributed by atoms with Gasteiger partial charge in [-0.1, -0.05) is 146 Å². The first kappa shape index (κ1) is 31.5. The fraction of sp³-hybridized carbons (Fsp3) is 0.0204. The molecule has 0 amide bonds. The van der Waals surface area contributed by atoms with E-state index in [-0.39, 0.29) is 17.5 Å². The maximum atomic E-state index is 14.4. The monoisotopic (exact) mass is 704 g/mol. The minimum absolute atomic E-state index is 0.339. The van der Waals surface area contributed by atoms with E-state index < -0.39 is 13.5 Å². The molecule has 8 aromatic rings. The molecule has 0 unspecified atom stereocenters. The molecule has 0 saturated heterocycles. The normalized spacial score (nSPS) is 13.3. The zero-order valence-electron chi connectivity index (χ0n) is 28.5. The fourth-order valence-electron chi connectivity index (χ4n) is 9.29. The van der Waals surface area contributed by atoms with Crippen molar-refractivity contribution in [3.05, 3.63) is 228 Å². The van der Waals surface area contributed by atoms with Crippen molar-refractivity contribution in [2.24, 2.45) is 0 Å². The van der Waals surface area contributed by atoms with Crippen LogP contribution in [0.2, 0.25) is 0 Å². The Labute approximate surface area is 307 Å². The van der Waals surface area contributed by atoms with Crippen molar-refractivity contribution in [1.29, 1.82) is 0 Å². The van der Waals surface area contributed by atoms with E-state index in [1.54, 1.807) is 0 Å². The molecule has 0 fully saturated rings. The standard InChI is InChI=1S/C49H31F3Si/c50-34-16-24-38(25-17-34)53(39-26-18-35(51)19-27-39,40-28-20-36(52)21-29-40)37-22-13-32(14-23-37)33-15-30-44-43-9-3-6-12-47(43)49(48(44)31-33)45-10-4-1-7-41(45)42-8-2-5-11-46(42)49/h1-31H. The molecule has 4 heteroatoms. The second kappa shape index (κ2) is 11.9. The lowest BCUT2D eigenvalue weighted by atomic mass is 9.70. The Kier molecular flexibility index (Phi) is 7.08. The maximum absolute atomic E-state index is 14.4. The van der Waals surface area contributed by atoms with E-state index in [0.29, 0.717) is 0 Å². The van der Waals surface area contributed by atoms with E-state index in [0.717, 1.165) is 31.9 Å². The van der Waals surface area contributed by atoms with Crippen LogP contribution in [-0.2, 0) is 5.41 Å². The van der Waals surface area contributed by atoms with E-state index >= 15 is 0 Å². The summed E-state index contributed by atoms with van der Waals surface area (Å²) in [4.78, 5) is 0. The summed E-state index contributed by atoms with van der Waals surface area (Å²) in [5.74, 6) is -1.02. The second-order valence-corrected chi connectivity index (χ2v) is 17.8. The third kappa shape index (κ3) is 4.49. The molecule has 0 radical (unpaired) electrons. The third-order valence-electron chi connectivity index (χ3n) is 11.5. The number of fused-ring (bicyclic) bond motifs is 10. The Balaban J connectivity index is 1.17. The molecule has 2 aliphatic rings. The fourth-order valence-corrected chi connectivity index (χ4v) is 14.0. The maximum Gasteiger partial charge on any atom is 0.179 e. The van der Waals surface area contributed by atoms with Gasteiger partial charge >= 0.3 is 0 Å². The van der Waals surface area contributed by atoms with Gasteiger partial charge in [-0.05, 0) is 119 Å². The Bertz CT molecular complexity index is 2500. The molecule has 0 N–H and O–H groups in total. The van der Waals surface area contributed by atoms with Gasteiger partial charge in [-0.25, -0.2) is 13.2 Å². The van der Waals surface area contributed by atoms with Gasteiger partial charge in [0.15, 0.2) is 8.07 Å². The highest BCUT2D eigenvalue weighted by Crippen LogP contribution is 2.62. The molecule has 0 nitrogen and oxygen atoms in total. The van der Waals surface area contributed by atoms with Crippen LogP contribution in [0.15, 0.2) is 188 Å². The number of hydrogen-bond acceptors (Lipinski definition) is 0. The number of halogens is 3. The quantitative estimate of drug-likeness (QED) is 0.124. The van der Waals surface area contributed by atoms with E-state index in [2.05, 4.69) is 115 Å².